The molecule has 1 saturated carbocycles. The van der Waals surface area contributed by atoms with Gasteiger partial charge in [0.2, 0.25) is 0 Å². The van der Waals surface area contributed by atoms with Crippen LogP contribution in [0.5, 0.6) is 5.75 Å². The smallest absolute Gasteiger partial charge is 0.317 e. The Morgan fingerprint density at radius 1 is 1.33 bits per heavy atom. The van der Waals surface area contributed by atoms with Crippen molar-refractivity contribution in [1.82, 2.24) is 10.2 Å². The maximum absolute atomic E-state index is 12.6. The minimum atomic E-state index is -0.367. The number of likely N-dealkylation sites (N-methyl/N-ethyl adjacent to an activating group) is 1. The molecule has 0 spiro atoms. The summed E-state index contributed by atoms with van der Waals surface area (Å²) in [5.74, 6) is 1.97. The van der Waals surface area contributed by atoms with E-state index in [0.29, 0.717) is 5.92 Å². The van der Waals surface area contributed by atoms with E-state index in [4.69, 9.17) is 4.74 Å². The summed E-state index contributed by atoms with van der Waals surface area (Å²) in [7, 11) is 3.35. The Kier molecular flexibility index (Phi) is 6.49. The maximum Gasteiger partial charge on any atom is 0.317 e. The number of amides is 2. The number of aliphatic hydroxyl groups excluding tert-OH is 1. The van der Waals surface area contributed by atoms with Crippen LogP contribution in [0.1, 0.15) is 44.7 Å². The monoisotopic (exact) mass is 334 g/mol. The van der Waals surface area contributed by atoms with Crippen molar-refractivity contribution in [2.45, 2.75) is 45.2 Å². The maximum atomic E-state index is 12.6. The molecule has 2 N–H and O–H groups in total. The summed E-state index contributed by atoms with van der Waals surface area (Å²) in [5.41, 5.74) is 0.890. The van der Waals surface area contributed by atoms with E-state index in [1.165, 1.54) is 0 Å². The Morgan fingerprint density at radius 2 is 2.00 bits per heavy atom. The SMILES string of the molecule is COc1ccc(C(CO)N(C)C(=O)NC2CCC(C)CC2C)cc1. The summed E-state index contributed by atoms with van der Waals surface area (Å²) in [6, 6.07) is 7.17. The van der Waals surface area contributed by atoms with Crippen LogP contribution in [0.4, 0.5) is 4.79 Å². The van der Waals surface area contributed by atoms with E-state index in [2.05, 4.69) is 19.2 Å². The van der Waals surface area contributed by atoms with E-state index < -0.39 is 0 Å². The summed E-state index contributed by atoms with van der Waals surface area (Å²) in [6.45, 7) is 4.35. The van der Waals surface area contributed by atoms with Gasteiger partial charge in [0, 0.05) is 13.1 Å². The van der Waals surface area contributed by atoms with Crippen LogP contribution < -0.4 is 10.1 Å². The molecule has 0 heterocycles. The highest BCUT2D eigenvalue weighted by Crippen LogP contribution is 2.29. The first-order valence-electron chi connectivity index (χ1n) is 8.74. The number of aliphatic hydroxyl groups is 1. The predicted octanol–water partition coefficient (Wildman–Crippen LogP) is 3.19. The minimum absolute atomic E-state index is 0.118. The van der Waals surface area contributed by atoms with Gasteiger partial charge < -0.3 is 20.1 Å². The van der Waals surface area contributed by atoms with Crippen molar-refractivity contribution in [3.63, 3.8) is 0 Å². The van der Waals surface area contributed by atoms with Gasteiger partial charge in [0.05, 0.1) is 19.8 Å². The first-order valence-corrected chi connectivity index (χ1v) is 8.74. The van der Waals surface area contributed by atoms with Crippen LogP contribution in [0.3, 0.4) is 0 Å². The molecule has 1 aliphatic rings. The second-order valence-corrected chi connectivity index (χ2v) is 7.03. The Morgan fingerprint density at radius 3 is 2.54 bits per heavy atom. The lowest BCUT2D eigenvalue weighted by atomic mass is 9.80. The number of hydrogen-bond donors (Lipinski definition) is 2. The molecule has 4 unspecified atom stereocenters. The molecule has 0 saturated heterocycles. The average Bonchev–Trinajstić information content (AvgIpc) is 2.58. The van der Waals surface area contributed by atoms with Gasteiger partial charge in [-0.2, -0.15) is 0 Å². The van der Waals surface area contributed by atoms with Gasteiger partial charge in [0.1, 0.15) is 5.75 Å². The minimum Gasteiger partial charge on any atom is -0.497 e. The van der Waals surface area contributed by atoms with Gasteiger partial charge >= 0.3 is 6.03 Å². The van der Waals surface area contributed by atoms with Crippen LogP contribution in [0, 0.1) is 11.8 Å². The lowest BCUT2D eigenvalue weighted by Crippen LogP contribution is -2.48. The number of nitrogens with one attached hydrogen (secondary N) is 1. The summed E-state index contributed by atoms with van der Waals surface area (Å²) in [6.07, 6.45) is 3.33. The molecular weight excluding hydrogens is 304 g/mol. The number of benzene rings is 1. The van der Waals surface area contributed by atoms with E-state index in [1.54, 1.807) is 19.1 Å². The molecule has 1 aliphatic carbocycles. The number of methoxy groups -OCH3 is 1. The molecule has 134 valence electrons. The largest absolute Gasteiger partial charge is 0.497 e. The van der Waals surface area contributed by atoms with E-state index >= 15 is 0 Å². The van der Waals surface area contributed by atoms with Crippen molar-refractivity contribution in [2.75, 3.05) is 20.8 Å². The number of carbonyl (C=O) groups excluding carboxylic acids is 1. The molecule has 24 heavy (non-hydrogen) atoms. The van der Waals surface area contributed by atoms with Gasteiger partial charge in [0.15, 0.2) is 0 Å². The fourth-order valence-corrected chi connectivity index (χ4v) is 3.56. The van der Waals surface area contributed by atoms with Crippen LogP contribution in [0.15, 0.2) is 24.3 Å². The van der Waals surface area contributed by atoms with Crippen molar-refractivity contribution < 1.29 is 14.6 Å². The Balaban J connectivity index is 2.01. The molecule has 0 bridgehead atoms. The quantitative estimate of drug-likeness (QED) is 0.869. The van der Waals surface area contributed by atoms with Gasteiger partial charge in [-0.15, -0.1) is 0 Å². The number of ether oxygens (including phenoxy) is 1. The summed E-state index contributed by atoms with van der Waals surface area (Å²) in [5, 5.41) is 12.9. The standard InChI is InChI=1S/C19H30N2O3/c1-13-5-10-17(14(2)11-13)20-19(23)21(3)18(12-22)15-6-8-16(24-4)9-7-15/h6-9,13-14,17-18,22H,5,10-12H2,1-4H3,(H,20,23). The third kappa shape index (κ3) is 4.41. The summed E-state index contributed by atoms with van der Waals surface area (Å²) < 4.78 is 5.16. The zero-order chi connectivity index (χ0) is 17.7. The third-order valence-electron chi connectivity index (χ3n) is 5.20. The molecular formula is C19H30N2O3. The second kappa shape index (κ2) is 8.38. The number of carbonyl (C=O) groups is 1. The zero-order valence-electron chi connectivity index (χ0n) is 15.2. The molecule has 1 fully saturated rings. The molecule has 5 nitrogen and oxygen atoms in total. The highest BCUT2D eigenvalue weighted by molar-refractivity contribution is 5.75. The van der Waals surface area contributed by atoms with E-state index in [0.717, 1.165) is 36.5 Å². The summed E-state index contributed by atoms with van der Waals surface area (Å²) >= 11 is 0. The first-order chi connectivity index (χ1) is 11.5. The van der Waals surface area contributed by atoms with Crippen molar-refractivity contribution in [2.24, 2.45) is 11.8 Å². The third-order valence-corrected chi connectivity index (χ3v) is 5.20. The predicted molar refractivity (Wildman–Crippen MR) is 95.1 cm³/mol. The van der Waals surface area contributed by atoms with Crippen molar-refractivity contribution in [1.29, 1.82) is 0 Å². The van der Waals surface area contributed by atoms with Crippen molar-refractivity contribution in [3.8, 4) is 5.75 Å². The fraction of sp³-hybridized carbons (Fsp3) is 0.632. The number of nitrogens with zero attached hydrogens (tertiary/aromatic N) is 1. The van der Waals surface area contributed by atoms with Crippen LogP contribution in [-0.4, -0.2) is 42.8 Å². The average molecular weight is 334 g/mol. The van der Waals surface area contributed by atoms with Gasteiger partial charge in [-0.25, -0.2) is 4.79 Å². The van der Waals surface area contributed by atoms with Gasteiger partial charge in [0.25, 0.3) is 0 Å². The fourth-order valence-electron chi connectivity index (χ4n) is 3.56. The lowest BCUT2D eigenvalue weighted by molar-refractivity contribution is 0.139. The molecule has 5 heteroatoms. The van der Waals surface area contributed by atoms with Crippen molar-refractivity contribution in [3.05, 3.63) is 29.8 Å². The molecule has 0 aromatic heterocycles. The van der Waals surface area contributed by atoms with Crippen LogP contribution in [-0.2, 0) is 0 Å². The van der Waals surface area contributed by atoms with E-state index in [9.17, 15) is 9.90 Å². The van der Waals surface area contributed by atoms with Crippen LogP contribution >= 0.6 is 0 Å². The van der Waals surface area contributed by atoms with Gasteiger partial charge in [-0.1, -0.05) is 26.0 Å². The number of urea groups is 1. The molecule has 2 rings (SSSR count). The normalized spacial score (nSPS) is 25.0. The molecule has 0 aliphatic heterocycles. The number of rotatable bonds is 5. The van der Waals surface area contributed by atoms with E-state index in [-0.39, 0.29) is 24.7 Å². The summed E-state index contributed by atoms with van der Waals surface area (Å²) in [4.78, 5) is 14.2. The Bertz CT molecular complexity index is 532. The Labute approximate surface area is 145 Å². The zero-order valence-corrected chi connectivity index (χ0v) is 15.2. The Hall–Kier alpha value is -1.75. The van der Waals surface area contributed by atoms with Crippen LogP contribution in [0.2, 0.25) is 0 Å². The molecule has 4 atom stereocenters. The first kappa shape index (κ1) is 18.6. The lowest BCUT2D eigenvalue weighted by Gasteiger charge is -2.35. The molecule has 1 aromatic rings. The van der Waals surface area contributed by atoms with Crippen LogP contribution in [0.25, 0.3) is 0 Å². The second-order valence-electron chi connectivity index (χ2n) is 7.03. The van der Waals surface area contributed by atoms with Gasteiger partial charge in [-0.3, -0.25) is 0 Å². The van der Waals surface area contributed by atoms with Gasteiger partial charge in [-0.05, 0) is 48.8 Å². The number of hydrogen-bond acceptors (Lipinski definition) is 3. The van der Waals surface area contributed by atoms with Crippen molar-refractivity contribution >= 4 is 6.03 Å². The highest BCUT2D eigenvalue weighted by Gasteiger charge is 2.29. The molecule has 2 amide bonds. The molecule has 1 aromatic carbocycles. The highest BCUT2D eigenvalue weighted by atomic mass is 16.5. The molecule has 0 radical (unpaired) electrons. The topological polar surface area (TPSA) is 61.8 Å². The van der Waals surface area contributed by atoms with E-state index in [1.807, 2.05) is 24.3 Å².